The Balaban J connectivity index is 2.73. The highest BCUT2D eigenvalue weighted by molar-refractivity contribution is 5.94. The molecule has 6 heteroatoms. The largest absolute Gasteiger partial charge is 0.471 e. The van der Waals surface area contributed by atoms with Crippen LogP contribution >= 0.6 is 0 Å². The van der Waals surface area contributed by atoms with E-state index in [9.17, 15) is 18.0 Å². The summed E-state index contributed by atoms with van der Waals surface area (Å²) in [4.78, 5) is 10.6. The van der Waals surface area contributed by atoms with E-state index < -0.39 is 18.2 Å². The first kappa shape index (κ1) is 12.5. The summed E-state index contributed by atoms with van der Waals surface area (Å²) in [6, 6.07) is 5.48. The van der Waals surface area contributed by atoms with Crippen molar-refractivity contribution >= 4 is 11.6 Å². The molecule has 0 fully saturated rings. The quantitative estimate of drug-likeness (QED) is 0.823. The van der Waals surface area contributed by atoms with Crippen molar-refractivity contribution in [1.29, 1.82) is 0 Å². The third-order valence-electron chi connectivity index (χ3n) is 1.91. The van der Waals surface area contributed by atoms with E-state index in [2.05, 4.69) is 0 Å². The second kappa shape index (κ2) is 4.52. The fourth-order valence-electron chi connectivity index (χ4n) is 1.05. The molecule has 88 valence electrons. The topological polar surface area (TPSA) is 49.3 Å². The molecular formula is C10H10F3NO2. The Kier molecular flexibility index (Phi) is 3.54. The van der Waals surface area contributed by atoms with E-state index in [0.717, 1.165) is 0 Å². The van der Waals surface area contributed by atoms with Crippen molar-refractivity contribution < 1.29 is 23.1 Å². The van der Waals surface area contributed by atoms with Crippen LogP contribution in [0.15, 0.2) is 24.3 Å². The predicted octanol–water partition coefficient (Wildman–Crippen LogP) is 2.24. The van der Waals surface area contributed by atoms with Crippen LogP contribution in [0.25, 0.3) is 0 Å². The molecule has 3 nitrogen and oxygen atoms in total. The van der Waals surface area contributed by atoms with E-state index in [-0.39, 0.29) is 5.69 Å². The van der Waals surface area contributed by atoms with Gasteiger partial charge in [-0.05, 0) is 24.6 Å². The fraction of sp³-hybridized carbons (Fsp3) is 0.300. The average Bonchev–Trinajstić information content (AvgIpc) is 2.17. The number of benzene rings is 1. The normalized spacial score (nSPS) is 13.3. The van der Waals surface area contributed by atoms with Crippen LogP contribution in [-0.2, 0) is 4.79 Å². The molecule has 0 saturated heterocycles. The van der Waals surface area contributed by atoms with Crippen molar-refractivity contribution in [3.05, 3.63) is 29.8 Å². The molecular weight excluding hydrogens is 223 g/mol. The standard InChI is InChI=1S/C10H10F3NO2/c1-6(15)7-2-4-8(5-3-7)14-9(16)10(11,12)13/h2-6,15H,1H3,(H,14,16)/t6-/m0/s1. The number of aliphatic hydroxyl groups excluding tert-OH is 1. The number of alkyl halides is 3. The van der Waals surface area contributed by atoms with Gasteiger partial charge in [-0.3, -0.25) is 4.79 Å². The van der Waals surface area contributed by atoms with Gasteiger partial charge in [0.2, 0.25) is 0 Å². The van der Waals surface area contributed by atoms with Crippen LogP contribution < -0.4 is 5.32 Å². The summed E-state index contributed by atoms with van der Waals surface area (Å²) in [5.41, 5.74) is 0.594. The molecule has 1 aromatic carbocycles. The number of halogens is 3. The summed E-state index contributed by atoms with van der Waals surface area (Å²) in [5.74, 6) is -2.02. The smallest absolute Gasteiger partial charge is 0.389 e. The van der Waals surface area contributed by atoms with Crippen LogP contribution in [0.3, 0.4) is 0 Å². The average molecular weight is 233 g/mol. The molecule has 0 saturated carbocycles. The van der Waals surface area contributed by atoms with E-state index in [4.69, 9.17) is 5.11 Å². The van der Waals surface area contributed by atoms with Crippen LogP contribution in [-0.4, -0.2) is 17.2 Å². The first-order valence-corrected chi connectivity index (χ1v) is 4.47. The number of anilines is 1. The summed E-state index contributed by atoms with van der Waals surface area (Å²) in [6.07, 6.45) is -5.60. The highest BCUT2D eigenvalue weighted by Crippen LogP contribution is 2.20. The van der Waals surface area contributed by atoms with Gasteiger partial charge in [-0.25, -0.2) is 0 Å². The monoisotopic (exact) mass is 233 g/mol. The molecule has 1 amide bonds. The highest BCUT2D eigenvalue weighted by Gasteiger charge is 2.38. The van der Waals surface area contributed by atoms with Crippen molar-refractivity contribution in [1.82, 2.24) is 0 Å². The Labute approximate surface area is 89.9 Å². The summed E-state index contributed by atoms with van der Waals surface area (Å²) >= 11 is 0. The summed E-state index contributed by atoms with van der Waals surface area (Å²) in [5, 5.41) is 10.9. The van der Waals surface area contributed by atoms with Gasteiger partial charge in [0.25, 0.3) is 0 Å². The van der Waals surface area contributed by atoms with Gasteiger partial charge in [-0.1, -0.05) is 12.1 Å². The minimum Gasteiger partial charge on any atom is -0.389 e. The van der Waals surface area contributed by atoms with Crippen LogP contribution in [0.5, 0.6) is 0 Å². The zero-order valence-electron chi connectivity index (χ0n) is 8.38. The van der Waals surface area contributed by atoms with Gasteiger partial charge in [0.15, 0.2) is 0 Å². The van der Waals surface area contributed by atoms with Gasteiger partial charge in [-0.2, -0.15) is 13.2 Å². The number of amides is 1. The molecule has 1 rings (SSSR count). The van der Waals surface area contributed by atoms with Crippen molar-refractivity contribution in [3.63, 3.8) is 0 Å². The lowest BCUT2D eigenvalue weighted by atomic mass is 10.1. The maximum atomic E-state index is 11.9. The summed E-state index contributed by atoms with van der Waals surface area (Å²) < 4.78 is 35.7. The second-order valence-corrected chi connectivity index (χ2v) is 3.25. The lowest BCUT2D eigenvalue weighted by Gasteiger charge is -2.09. The lowest BCUT2D eigenvalue weighted by Crippen LogP contribution is -2.29. The van der Waals surface area contributed by atoms with Gasteiger partial charge < -0.3 is 10.4 Å². The molecule has 0 aliphatic heterocycles. The number of nitrogens with one attached hydrogen (secondary N) is 1. The van der Waals surface area contributed by atoms with E-state index in [1.165, 1.54) is 31.2 Å². The molecule has 0 spiro atoms. The minimum atomic E-state index is -4.90. The SMILES string of the molecule is C[C@H](O)c1ccc(NC(=O)C(F)(F)F)cc1. The lowest BCUT2D eigenvalue weighted by molar-refractivity contribution is -0.167. The predicted molar refractivity (Wildman–Crippen MR) is 51.8 cm³/mol. The number of hydrogen-bond acceptors (Lipinski definition) is 2. The Morgan fingerprint density at radius 1 is 1.31 bits per heavy atom. The Morgan fingerprint density at radius 2 is 1.81 bits per heavy atom. The maximum Gasteiger partial charge on any atom is 0.471 e. The van der Waals surface area contributed by atoms with E-state index >= 15 is 0 Å². The van der Waals surface area contributed by atoms with Crippen LogP contribution in [0.1, 0.15) is 18.6 Å². The molecule has 16 heavy (non-hydrogen) atoms. The van der Waals surface area contributed by atoms with E-state index in [1.54, 1.807) is 5.32 Å². The van der Waals surface area contributed by atoms with Crippen molar-refractivity contribution in [2.45, 2.75) is 19.2 Å². The second-order valence-electron chi connectivity index (χ2n) is 3.25. The van der Waals surface area contributed by atoms with E-state index in [0.29, 0.717) is 5.56 Å². The number of rotatable bonds is 2. The number of aliphatic hydroxyl groups is 1. The number of hydrogen-bond donors (Lipinski definition) is 2. The summed E-state index contributed by atoms with van der Waals surface area (Å²) in [7, 11) is 0. The van der Waals surface area contributed by atoms with Crippen molar-refractivity contribution in [2.24, 2.45) is 0 Å². The first-order valence-electron chi connectivity index (χ1n) is 4.47. The van der Waals surface area contributed by atoms with Crippen LogP contribution in [0.4, 0.5) is 18.9 Å². The van der Waals surface area contributed by atoms with Crippen LogP contribution in [0.2, 0.25) is 0 Å². The molecule has 2 N–H and O–H groups in total. The van der Waals surface area contributed by atoms with Gasteiger partial charge in [0.05, 0.1) is 6.10 Å². The molecule has 0 heterocycles. The van der Waals surface area contributed by atoms with Crippen LogP contribution in [0, 0.1) is 0 Å². The minimum absolute atomic E-state index is 0.0340. The molecule has 0 radical (unpaired) electrons. The third-order valence-corrected chi connectivity index (χ3v) is 1.91. The molecule has 1 atom stereocenters. The molecule has 0 unspecified atom stereocenters. The first-order chi connectivity index (χ1) is 7.30. The third kappa shape index (κ3) is 3.23. The maximum absolute atomic E-state index is 11.9. The van der Waals surface area contributed by atoms with Gasteiger partial charge in [0.1, 0.15) is 0 Å². The molecule has 0 aliphatic carbocycles. The molecule has 0 bridgehead atoms. The highest BCUT2D eigenvalue weighted by atomic mass is 19.4. The van der Waals surface area contributed by atoms with Gasteiger partial charge >= 0.3 is 12.1 Å². The summed E-state index contributed by atoms with van der Waals surface area (Å²) in [6.45, 7) is 1.53. The van der Waals surface area contributed by atoms with Gasteiger partial charge in [-0.15, -0.1) is 0 Å². The Bertz CT molecular complexity index is 371. The van der Waals surface area contributed by atoms with E-state index in [1.807, 2.05) is 0 Å². The Hall–Kier alpha value is -1.56. The fourth-order valence-corrected chi connectivity index (χ4v) is 1.05. The zero-order chi connectivity index (χ0) is 12.3. The number of carbonyl (C=O) groups is 1. The van der Waals surface area contributed by atoms with Crippen molar-refractivity contribution in [3.8, 4) is 0 Å². The molecule has 0 aliphatic rings. The number of carbonyl (C=O) groups excluding carboxylic acids is 1. The molecule has 1 aromatic rings. The zero-order valence-corrected chi connectivity index (χ0v) is 8.38. The Morgan fingerprint density at radius 3 is 2.19 bits per heavy atom. The van der Waals surface area contributed by atoms with Crippen molar-refractivity contribution in [2.75, 3.05) is 5.32 Å². The van der Waals surface area contributed by atoms with Gasteiger partial charge in [0, 0.05) is 5.69 Å². The molecule has 0 aromatic heterocycles.